The molecule has 0 amide bonds. The van der Waals surface area contributed by atoms with Crippen LogP contribution in [0, 0.1) is 0 Å². The van der Waals surface area contributed by atoms with Crippen molar-refractivity contribution in [3.05, 3.63) is 59.0 Å². The molecule has 0 saturated heterocycles. The highest BCUT2D eigenvalue weighted by molar-refractivity contribution is 7.89. The van der Waals surface area contributed by atoms with Crippen LogP contribution in [0.5, 0.6) is 5.88 Å². The third kappa shape index (κ3) is 5.35. The fraction of sp³-hybridized carbons (Fsp3) is 0.263. The monoisotopic (exact) mass is 474 g/mol. The second-order valence-corrected chi connectivity index (χ2v) is 8.74. The molecule has 0 aliphatic rings. The maximum atomic E-state index is 13.0. The zero-order chi connectivity index (χ0) is 22.8. The van der Waals surface area contributed by atoms with E-state index in [0.717, 1.165) is 22.0 Å². The molecule has 0 aliphatic heterocycles. The van der Waals surface area contributed by atoms with Crippen molar-refractivity contribution in [2.45, 2.75) is 17.5 Å². The minimum Gasteiger partial charge on any atom is -0.481 e. The summed E-state index contributed by atoms with van der Waals surface area (Å²) in [5, 5.41) is 3.67. The first-order chi connectivity index (χ1) is 14.5. The van der Waals surface area contributed by atoms with Crippen LogP contribution in [-0.2, 0) is 29.7 Å². The van der Waals surface area contributed by atoms with Crippen LogP contribution in [0.1, 0.15) is 11.3 Å². The standard InChI is InChI=1S/C19H18ClF3N4O3S/c1-27-11-16(17(26-27)19(21,22)23)31(28,29)25-8-7-12-3-5-13(6-4-12)15-9-14(20)10-24-18(15)30-2/h3-6,9-11,25H,7-8H2,1-2H3. The Hall–Kier alpha value is -2.63. The van der Waals surface area contributed by atoms with Crippen molar-refractivity contribution in [2.24, 2.45) is 7.05 Å². The van der Waals surface area contributed by atoms with Gasteiger partial charge in [-0.05, 0) is 23.6 Å². The summed E-state index contributed by atoms with van der Waals surface area (Å²) >= 11 is 6.00. The molecule has 1 N–H and O–H groups in total. The number of rotatable bonds is 7. The van der Waals surface area contributed by atoms with Crippen LogP contribution >= 0.6 is 11.6 Å². The first-order valence-electron chi connectivity index (χ1n) is 8.90. The number of pyridine rings is 1. The van der Waals surface area contributed by atoms with E-state index in [1.807, 2.05) is 0 Å². The molecule has 0 spiro atoms. The fourth-order valence-electron chi connectivity index (χ4n) is 2.91. The normalized spacial score (nSPS) is 12.2. The van der Waals surface area contributed by atoms with E-state index in [0.29, 0.717) is 16.5 Å². The van der Waals surface area contributed by atoms with Crippen molar-refractivity contribution >= 4 is 21.6 Å². The maximum absolute atomic E-state index is 13.0. The summed E-state index contributed by atoms with van der Waals surface area (Å²) in [6.45, 7) is -0.0874. The fourth-order valence-corrected chi connectivity index (χ4v) is 4.30. The van der Waals surface area contributed by atoms with Crippen LogP contribution in [0.25, 0.3) is 11.1 Å². The van der Waals surface area contributed by atoms with Gasteiger partial charge in [-0.3, -0.25) is 4.68 Å². The average Bonchev–Trinajstić information content (AvgIpc) is 3.12. The van der Waals surface area contributed by atoms with Crippen molar-refractivity contribution in [1.29, 1.82) is 0 Å². The Kier molecular flexibility index (Phi) is 6.58. The van der Waals surface area contributed by atoms with Crippen molar-refractivity contribution in [2.75, 3.05) is 13.7 Å². The first-order valence-corrected chi connectivity index (χ1v) is 10.8. The van der Waals surface area contributed by atoms with Gasteiger partial charge in [-0.1, -0.05) is 35.9 Å². The van der Waals surface area contributed by atoms with Gasteiger partial charge in [-0.2, -0.15) is 18.3 Å². The molecule has 12 heteroatoms. The molecule has 0 saturated carbocycles. The van der Waals surface area contributed by atoms with Gasteiger partial charge in [0.15, 0.2) is 5.69 Å². The number of sulfonamides is 1. The summed E-state index contributed by atoms with van der Waals surface area (Å²) in [7, 11) is -1.67. The lowest BCUT2D eigenvalue weighted by Crippen LogP contribution is -2.27. The Balaban J connectivity index is 1.70. The Bertz CT molecular complexity index is 1180. The average molecular weight is 475 g/mol. The van der Waals surface area contributed by atoms with Gasteiger partial charge in [0.1, 0.15) is 4.90 Å². The van der Waals surface area contributed by atoms with Crippen LogP contribution in [-0.4, -0.2) is 36.8 Å². The topological polar surface area (TPSA) is 86.1 Å². The molecule has 0 atom stereocenters. The molecule has 0 unspecified atom stereocenters. The summed E-state index contributed by atoms with van der Waals surface area (Å²) in [5.41, 5.74) is 0.818. The lowest BCUT2D eigenvalue weighted by Gasteiger charge is -2.10. The van der Waals surface area contributed by atoms with Gasteiger partial charge in [0, 0.05) is 31.5 Å². The summed E-state index contributed by atoms with van der Waals surface area (Å²) in [6.07, 6.45) is -2.31. The van der Waals surface area contributed by atoms with E-state index in [1.165, 1.54) is 20.4 Å². The number of hydrogen-bond donors (Lipinski definition) is 1. The van der Waals surface area contributed by atoms with Gasteiger partial charge >= 0.3 is 6.18 Å². The van der Waals surface area contributed by atoms with Crippen LogP contribution in [0.2, 0.25) is 5.02 Å². The number of halogens is 4. The van der Waals surface area contributed by atoms with Gasteiger partial charge in [-0.25, -0.2) is 18.1 Å². The smallest absolute Gasteiger partial charge is 0.436 e. The molecule has 3 rings (SSSR count). The quantitative estimate of drug-likeness (QED) is 0.564. The molecule has 0 aliphatic carbocycles. The van der Waals surface area contributed by atoms with E-state index >= 15 is 0 Å². The van der Waals surface area contributed by atoms with Gasteiger partial charge in [-0.15, -0.1) is 0 Å². The summed E-state index contributed by atoms with van der Waals surface area (Å²) in [5.74, 6) is 0.404. The molecule has 2 heterocycles. The molecule has 166 valence electrons. The van der Waals surface area contributed by atoms with Crippen LogP contribution < -0.4 is 9.46 Å². The van der Waals surface area contributed by atoms with E-state index in [1.54, 1.807) is 30.3 Å². The number of nitrogens with one attached hydrogen (secondary N) is 1. The van der Waals surface area contributed by atoms with Crippen LogP contribution in [0.3, 0.4) is 0 Å². The molecular weight excluding hydrogens is 457 g/mol. The van der Waals surface area contributed by atoms with Gasteiger partial charge < -0.3 is 4.74 Å². The van der Waals surface area contributed by atoms with E-state index in [4.69, 9.17) is 16.3 Å². The zero-order valence-corrected chi connectivity index (χ0v) is 18.0. The minimum atomic E-state index is -4.88. The number of hydrogen-bond acceptors (Lipinski definition) is 5. The maximum Gasteiger partial charge on any atom is 0.436 e. The Labute approximate surface area is 181 Å². The number of aromatic nitrogens is 3. The number of ether oxygens (including phenoxy) is 1. The molecule has 1 aromatic carbocycles. The molecule has 0 bridgehead atoms. The number of methoxy groups -OCH3 is 1. The molecule has 3 aromatic rings. The van der Waals surface area contributed by atoms with E-state index < -0.39 is 26.8 Å². The third-order valence-corrected chi connectivity index (χ3v) is 6.00. The van der Waals surface area contributed by atoms with Crippen molar-refractivity contribution in [3.8, 4) is 17.0 Å². The first kappa shape index (κ1) is 23.0. The summed E-state index contributed by atoms with van der Waals surface area (Å²) in [6, 6.07) is 8.85. The number of nitrogens with zero attached hydrogens (tertiary/aromatic N) is 3. The lowest BCUT2D eigenvalue weighted by molar-refractivity contribution is -0.143. The highest BCUT2D eigenvalue weighted by Crippen LogP contribution is 2.33. The Morgan fingerprint density at radius 3 is 2.52 bits per heavy atom. The second-order valence-electron chi connectivity index (χ2n) is 6.57. The van der Waals surface area contributed by atoms with Crippen molar-refractivity contribution < 1.29 is 26.3 Å². The van der Waals surface area contributed by atoms with E-state index in [9.17, 15) is 21.6 Å². The summed E-state index contributed by atoms with van der Waals surface area (Å²) < 4.78 is 72.1. The van der Waals surface area contributed by atoms with E-state index in [-0.39, 0.29) is 13.0 Å². The van der Waals surface area contributed by atoms with Gasteiger partial charge in [0.2, 0.25) is 15.9 Å². The Morgan fingerprint density at radius 1 is 1.23 bits per heavy atom. The van der Waals surface area contributed by atoms with Crippen molar-refractivity contribution in [1.82, 2.24) is 19.5 Å². The molecule has 0 fully saturated rings. The number of alkyl halides is 3. The van der Waals surface area contributed by atoms with Gasteiger partial charge in [0.05, 0.1) is 12.1 Å². The zero-order valence-electron chi connectivity index (χ0n) is 16.4. The predicted molar refractivity (Wildman–Crippen MR) is 108 cm³/mol. The third-order valence-electron chi connectivity index (χ3n) is 4.34. The predicted octanol–water partition coefficient (Wildman–Crippen LogP) is 3.68. The SMILES string of the molecule is COc1ncc(Cl)cc1-c1ccc(CCNS(=O)(=O)c2cn(C)nc2C(F)(F)F)cc1. The lowest BCUT2D eigenvalue weighted by atomic mass is 10.0. The molecule has 2 aromatic heterocycles. The largest absolute Gasteiger partial charge is 0.481 e. The minimum absolute atomic E-state index is 0.0874. The molecular formula is C19H18ClF3N4O3S. The number of aryl methyl sites for hydroxylation is 1. The van der Waals surface area contributed by atoms with Gasteiger partial charge in [0.25, 0.3) is 0 Å². The number of benzene rings is 1. The highest BCUT2D eigenvalue weighted by atomic mass is 35.5. The molecule has 0 radical (unpaired) electrons. The van der Waals surface area contributed by atoms with E-state index in [2.05, 4.69) is 14.8 Å². The second kappa shape index (κ2) is 8.85. The molecule has 31 heavy (non-hydrogen) atoms. The van der Waals surface area contributed by atoms with Crippen molar-refractivity contribution in [3.63, 3.8) is 0 Å². The van der Waals surface area contributed by atoms with Crippen LogP contribution in [0.15, 0.2) is 47.6 Å². The van der Waals surface area contributed by atoms with Crippen LogP contribution in [0.4, 0.5) is 13.2 Å². The molecule has 7 nitrogen and oxygen atoms in total. The highest BCUT2D eigenvalue weighted by Gasteiger charge is 2.40. The summed E-state index contributed by atoms with van der Waals surface area (Å²) in [4.78, 5) is 3.20. The Morgan fingerprint density at radius 2 is 1.90 bits per heavy atom.